The van der Waals surface area contributed by atoms with Crippen molar-refractivity contribution in [1.29, 1.82) is 0 Å². The van der Waals surface area contributed by atoms with Crippen molar-refractivity contribution in [2.75, 3.05) is 19.8 Å². The number of hydrogen-bond donors (Lipinski definition) is 2. The summed E-state index contributed by atoms with van der Waals surface area (Å²) in [7, 11) is 0. The minimum absolute atomic E-state index is 0.0623. The molecule has 1 amide bonds. The Balaban J connectivity index is 2.11. The molecule has 4 heteroatoms. The third kappa shape index (κ3) is 3.06. The van der Waals surface area contributed by atoms with Gasteiger partial charge in [0.15, 0.2) is 0 Å². The van der Waals surface area contributed by atoms with Crippen LogP contribution < -0.4 is 5.32 Å². The Bertz CT molecular complexity index is 199. The second-order valence-electron chi connectivity index (χ2n) is 3.40. The fourth-order valence-electron chi connectivity index (χ4n) is 1.01. The first-order chi connectivity index (χ1) is 6.22. The third-order valence-corrected chi connectivity index (χ3v) is 2.23. The number of carbonyl (C=O) groups excluding carboxylic acids is 1. The van der Waals surface area contributed by atoms with Gasteiger partial charge in [-0.05, 0) is 12.8 Å². The number of amides is 1. The lowest BCUT2D eigenvalue weighted by atomic mass is 10.1. The highest BCUT2D eigenvalue weighted by atomic mass is 16.5. The largest absolute Gasteiger partial charge is 0.445 e. The molecule has 1 rings (SSSR count). The van der Waals surface area contributed by atoms with Crippen molar-refractivity contribution < 1.29 is 14.6 Å². The van der Waals surface area contributed by atoms with Gasteiger partial charge in [-0.1, -0.05) is 12.7 Å². The molecule has 0 aliphatic heterocycles. The smallest absolute Gasteiger partial charge is 0.407 e. The van der Waals surface area contributed by atoms with E-state index in [-0.39, 0.29) is 18.6 Å². The summed E-state index contributed by atoms with van der Waals surface area (Å²) in [5.41, 5.74) is -0.0623. The SMILES string of the molecule is C=CCOC(=O)NCC1(CO)CC1. The van der Waals surface area contributed by atoms with E-state index in [1.165, 1.54) is 6.08 Å². The van der Waals surface area contributed by atoms with Crippen LogP contribution >= 0.6 is 0 Å². The molecule has 1 fully saturated rings. The predicted octanol–water partition coefficient (Wildman–Crippen LogP) is 0.671. The zero-order valence-corrected chi connectivity index (χ0v) is 7.58. The van der Waals surface area contributed by atoms with Gasteiger partial charge in [0.1, 0.15) is 6.61 Å². The first-order valence-corrected chi connectivity index (χ1v) is 4.35. The van der Waals surface area contributed by atoms with Crippen LogP contribution in [0.5, 0.6) is 0 Å². The maximum Gasteiger partial charge on any atom is 0.407 e. The van der Waals surface area contributed by atoms with Crippen molar-refractivity contribution in [2.45, 2.75) is 12.8 Å². The Morgan fingerprint density at radius 1 is 1.69 bits per heavy atom. The number of nitrogens with one attached hydrogen (secondary N) is 1. The van der Waals surface area contributed by atoms with Gasteiger partial charge in [-0.3, -0.25) is 0 Å². The van der Waals surface area contributed by atoms with Crippen molar-refractivity contribution in [2.24, 2.45) is 5.41 Å². The van der Waals surface area contributed by atoms with E-state index >= 15 is 0 Å². The molecule has 0 unspecified atom stereocenters. The molecular weight excluding hydrogens is 170 g/mol. The first kappa shape index (κ1) is 10.1. The Labute approximate surface area is 77.6 Å². The van der Waals surface area contributed by atoms with E-state index in [0.29, 0.717) is 6.54 Å². The van der Waals surface area contributed by atoms with Gasteiger partial charge in [0.25, 0.3) is 0 Å². The highest BCUT2D eigenvalue weighted by Gasteiger charge is 2.42. The molecule has 13 heavy (non-hydrogen) atoms. The second-order valence-corrected chi connectivity index (χ2v) is 3.40. The number of rotatable bonds is 5. The maximum absolute atomic E-state index is 10.9. The van der Waals surface area contributed by atoms with Crippen LogP contribution in [0.15, 0.2) is 12.7 Å². The minimum atomic E-state index is -0.445. The quantitative estimate of drug-likeness (QED) is 0.619. The average Bonchev–Trinajstić information content (AvgIpc) is 2.92. The van der Waals surface area contributed by atoms with E-state index in [4.69, 9.17) is 9.84 Å². The standard InChI is InChI=1S/C9H15NO3/c1-2-5-13-8(12)10-6-9(7-11)3-4-9/h2,11H,1,3-7H2,(H,10,12). The van der Waals surface area contributed by atoms with E-state index in [0.717, 1.165) is 12.8 Å². The number of alkyl carbamates (subject to hydrolysis) is 1. The lowest BCUT2D eigenvalue weighted by molar-refractivity contribution is 0.150. The van der Waals surface area contributed by atoms with Crippen molar-refractivity contribution in [3.05, 3.63) is 12.7 Å². The van der Waals surface area contributed by atoms with Gasteiger partial charge < -0.3 is 15.2 Å². The lowest BCUT2D eigenvalue weighted by Crippen LogP contribution is -2.32. The number of carbonyl (C=O) groups is 1. The van der Waals surface area contributed by atoms with Crippen LogP contribution in [0.2, 0.25) is 0 Å². The Kier molecular flexibility index (Phi) is 3.31. The van der Waals surface area contributed by atoms with Gasteiger partial charge in [-0.25, -0.2) is 4.79 Å². The van der Waals surface area contributed by atoms with Crippen molar-refractivity contribution in [1.82, 2.24) is 5.32 Å². The molecule has 1 aliphatic carbocycles. The Morgan fingerprint density at radius 3 is 2.85 bits per heavy atom. The van der Waals surface area contributed by atoms with Crippen LogP contribution in [0, 0.1) is 5.41 Å². The zero-order valence-electron chi connectivity index (χ0n) is 7.58. The van der Waals surface area contributed by atoms with Crippen molar-refractivity contribution in [3.63, 3.8) is 0 Å². The highest BCUT2D eigenvalue weighted by molar-refractivity contribution is 5.67. The molecule has 0 aromatic carbocycles. The van der Waals surface area contributed by atoms with Crippen molar-refractivity contribution in [3.8, 4) is 0 Å². The molecule has 0 saturated heterocycles. The average molecular weight is 185 g/mol. The molecule has 0 aromatic rings. The van der Waals surface area contributed by atoms with E-state index in [1.807, 2.05) is 0 Å². The van der Waals surface area contributed by atoms with Crippen LogP contribution in [-0.2, 0) is 4.74 Å². The summed E-state index contributed by atoms with van der Waals surface area (Å²) >= 11 is 0. The van der Waals surface area contributed by atoms with Gasteiger partial charge in [0.05, 0.1) is 6.61 Å². The molecule has 4 nitrogen and oxygen atoms in total. The number of ether oxygens (including phenoxy) is 1. The fraction of sp³-hybridized carbons (Fsp3) is 0.667. The van der Waals surface area contributed by atoms with E-state index in [2.05, 4.69) is 11.9 Å². The fourth-order valence-corrected chi connectivity index (χ4v) is 1.01. The molecule has 74 valence electrons. The van der Waals surface area contributed by atoms with Crippen LogP contribution in [0.4, 0.5) is 4.79 Å². The monoisotopic (exact) mass is 185 g/mol. The molecule has 0 aromatic heterocycles. The molecule has 2 N–H and O–H groups in total. The molecule has 0 spiro atoms. The second kappa shape index (κ2) is 4.28. The van der Waals surface area contributed by atoms with Gasteiger partial charge in [-0.15, -0.1) is 0 Å². The maximum atomic E-state index is 10.9. The number of hydrogen-bond acceptors (Lipinski definition) is 3. The summed E-state index contributed by atoms with van der Waals surface area (Å²) in [5.74, 6) is 0. The van der Waals surface area contributed by atoms with E-state index < -0.39 is 6.09 Å². The number of aliphatic hydroxyl groups excluding tert-OH is 1. The van der Waals surface area contributed by atoms with E-state index in [9.17, 15) is 4.79 Å². The zero-order chi connectivity index (χ0) is 9.73. The summed E-state index contributed by atoms with van der Waals surface area (Å²) in [6.07, 6.45) is 3.02. The predicted molar refractivity (Wildman–Crippen MR) is 48.3 cm³/mol. The molecular formula is C9H15NO3. The summed E-state index contributed by atoms with van der Waals surface area (Å²) in [6.45, 7) is 4.28. The van der Waals surface area contributed by atoms with E-state index in [1.54, 1.807) is 0 Å². The summed E-state index contributed by atoms with van der Waals surface area (Å²) < 4.78 is 4.71. The van der Waals surface area contributed by atoms with Gasteiger partial charge in [0.2, 0.25) is 0 Å². The normalized spacial score (nSPS) is 17.6. The topological polar surface area (TPSA) is 58.6 Å². The molecule has 1 saturated carbocycles. The van der Waals surface area contributed by atoms with Crippen LogP contribution in [0.25, 0.3) is 0 Å². The Morgan fingerprint density at radius 2 is 2.38 bits per heavy atom. The van der Waals surface area contributed by atoms with Crippen LogP contribution in [0.3, 0.4) is 0 Å². The summed E-state index contributed by atoms with van der Waals surface area (Å²) in [5, 5.41) is 11.5. The van der Waals surface area contributed by atoms with Crippen LogP contribution in [0.1, 0.15) is 12.8 Å². The van der Waals surface area contributed by atoms with Gasteiger partial charge in [0, 0.05) is 12.0 Å². The summed E-state index contributed by atoms with van der Waals surface area (Å²) in [6, 6.07) is 0. The number of aliphatic hydroxyl groups is 1. The van der Waals surface area contributed by atoms with Crippen molar-refractivity contribution >= 4 is 6.09 Å². The Hall–Kier alpha value is -1.03. The highest BCUT2D eigenvalue weighted by Crippen LogP contribution is 2.44. The molecule has 0 bridgehead atoms. The van der Waals surface area contributed by atoms with Gasteiger partial charge >= 0.3 is 6.09 Å². The third-order valence-electron chi connectivity index (χ3n) is 2.23. The lowest BCUT2D eigenvalue weighted by Gasteiger charge is -2.11. The molecule has 0 atom stereocenters. The molecule has 0 radical (unpaired) electrons. The van der Waals surface area contributed by atoms with Crippen LogP contribution in [-0.4, -0.2) is 31.0 Å². The van der Waals surface area contributed by atoms with Gasteiger partial charge in [-0.2, -0.15) is 0 Å². The molecule has 1 aliphatic rings. The first-order valence-electron chi connectivity index (χ1n) is 4.35. The molecule has 0 heterocycles. The summed E-state index contributed by atoms with van der Waals surface area (Å²) in [4.78, 5) is 10.9. The minimum Gasteiger partial charge on any atom is -0.445 e.